The van der Waals surface area contributed by atoms with Crippen molar-refractivity contribution in [3.05, 3.63) is 35.4 Å². The first-order valence-corrected chi connectivity index (χ1v) is 6.10. The maximum atomic E-state index is 11.1. The van der Waals surface area contributed by atoms with Crippen molar-refractivity contribution in [1.82, 2.24) is 0 Å². The minimum atomic E-state index is -0.858. The molecule has 0 amide bonds. The van der Waals surface area contributed by atoms with Crippen molar-refractivity contribution in [3.63, 3.8) is 0 Å². The van der Waals surface area contributed by atoms with Crippen LogP contribution in [0.15, 0.2) is 24.3 Å². The van der Waals surface area contributed by atoms with Crippen molar-refractivity contribution >= 4 is 11.5 Å². The molecule has 1 aliphatic carbocycles. The number of ether oxygens (including phenoxy) is 2. The van der Waals surface area contributed by atoms with Gasteiger partial charge in [-0.15, -0.1) is 0 Å². The Bertz CT molecular complexity index is 569. The number of allylic oxidation sites excluding steroid dienone is 1. The monoisotopic (exact) mass is 257 g/mol. The predicted octanol–water partition coefficient (Wildman–Crippen LogP) is 2.48. The molecule has 0 fully saturated rings. The maximum Gasteiger partial charge on any atom is 0.304 e. The molecule has 1 aliphatic rings. The molecular weight excluding hydrogens is 242 g/mol. The summed E-state index contributed by atoms with van der Waals surface area (Å²) in [7, 11) is 1.60. The van der Waals surface area contributed by atoms with Crippen molar-refractivity contribution in [2.24, 2.45) is 0 Å². The molecule has 4 nitrogen and oxygen atoms in total. The van der Waals surface area contributed by atoms with Crippen molar-refractivity contribution < 1.29 is 14.3 Å². The molecule has 0 aromatic heterocycles. The number of hydrogen-bond donors (Lipinski definition) is 0. The summed E-state index contributed by atoms with van der Waals surface area (Å²) in [5.74, 6) is 0.272. The predicted molar refractivity (Wildman–Crippen MR) is 70.5 cm³/mol. The van der Waals surface area contributed by atoms with Crippen molar-refractivity contribution in [2.75, 3.05) is 7.11 Å². The molecule has 98 valence electrons. The standard InChI is InChI=1S/C15H15NO3/c1-10(17)19-15(9-16)13-5-3-4-11-6-7-12(18-2)8-14(11)13/h5-8,15H,3-4H2,1-2H3. The van der Waals surface area contributed by atoms with Gasteiger partial charge in [-0.1, -0.05) is 12.1 Å². The second kappa shape index (κ2) is 5.57. The molecule has 2 rings (SSSR count). The summed E-state index contributed by atoms with van der Waals surface area (Å²) in [6.07, 6.45) is 2.86. The number of carbonyl (C=O) groups excluding carboxylic acids is 1. The van der Waals surface area contributed by atoms with E-state index >= 15 is 0 Å². The molecule has 1 aromatic rings. The van der Waals surface area contributed by atoms with Gasteiger partial charge in [0.1, 0.15) is 11.8 Å². The summed E-state index contributed by atoms with van der Waals surface area (Å²) in [5.41, 5.74) is 2.82. The van der Waals surface area contributed by atoms with Crippen LogP contribution in [0.5, 0.6) is 5.75 Å². The van der Waals surface area contributed by atoms with E-state index in [1.54, 1.807) is 7.11 Å². The van der Waals surface area contributed by atoms with E-state index in [1.165, 1.54) is 6.92 Å². The quantitative estimate of drug-likeness (QED) is 0.780. The van der Waals surface area contributed by atoms with Gasteiger partial charge in [-0.3, -0.25) is 4.79 Å². The Balaban J connectivity index is 2.41. The average Bonchev–Trinajstić information content (AvgIpc) is 2.43. The van der Waals surface area contributed by atoms with Gasteiger partial charge in [-0.2, -0.15) is 5.26 Å². The number of carbonyl (C=O) groups is 1. The van der Waals surface area contributed by atoms with Crippen LogP contribution in [-0.4, -0.2) is 19.2 Å². The number of fused-ring (bicyclic) bond motifs is 1. The number of nitrogens with zero attached hydrogens (tertiary/aromatic N) is 1. The first-order valence-electron chi connectivity index (χ1n) is 6.10. The number of hydrogen-bond acceptors (Lipinski definition) is 4. The normalized spacial score (nSPS) is 14.7. The zero-order valence-electron chi connectivity index (χ0n) is 11.0. The van der Waals surface area contributed by atoms with Crippen molar-refractivity contribution in [2.45, 2.75) is 25.9 Å². The highest BCUT2D eigenvalue weighted by atomic mass is 16.5. The summed E-state index contributed by atoms with van der Waals surface area (Å²) >= 11 is 0. The third-order valence-electron chi connectivity index (χ3n) is 3.09. The Morgan fingerprint density at radius 1 is 1.47 bits per heavy atom. The maximum absolute atomic E-state index is 11.1. The third-order valence-corrected chi connectivity index (χ3v) is 3.09. The zero-order chi connectivity index (χ0) is 13.8. The van der Waals surface area contributed by atoms with Crippen LogP contribution in [0, 0.1) is 11.3 Å². The molecule has 0 saturated heterocycles. The molecule has 19 heavy (non-hydrogen) atoms. The fraction of sp³-hybridized carbons (Fsp3) is 0.333. The molecule has 4 heteroatoms. The Morgan fingerprint density at radius 2 is 2.26 bits per heavy atom. The lowest BCUT2D eigenvalue weighted by atomic mass is 9.88. The van der Waals surface area contributed by atoms with E-state index in [4.69, 9.17) is 9.47 Å². The van der Waals surface area contributed by atoms with E-state index in [1.807, 2.05) is 30.3 Å². The molecule has 0 radical (unpaired) electrons. The van der Waals surface area contributed by atoms with Crippen LogP contribution in [0.4, 0.5) is 0 Å². The summed E-state index contributed by atoms with van der Waals surface area (Å²) < 4.78 is 10.3. The van der Waals surface area contributed by atoms with Crippen LogP contribution in [0.3, 0.4) is 0 Å². The van der Waals surface area contributed by atoms with Gasteiger partial charge < -0.3 is 9.47 Å². The number of rotatable bonds is 3. The topological polar surface area (TPSA) is 59.3 Å². The van der Waals surface area contributed by atoms with Gasteiger partial charge in [0.2, 0.25) is 6.10 Å². The van der Waals surface area contributed by atoms with E-state index in [-0.39, 0.29) is 0 Å². The number of aryl methyl sites for hydroxylation is 1. The summed E-state index contributed by atoms with van der Waals surface area (Å²) in [4.78, 5) is 11.1. The van der Waals surface area contributed by atoms with Crippen LogP contribution < -0.4 is 4.74 Å². The Hall–Kier alpha value is -2.28. The number of esters is 1. The van der Waals surface area contributed by atoms with E-state index in [9.17, 15) is 10.1 Å². The van der Waals surface area contributed by atoms with Gasteiger partial charge in [-0.05, 0) is 36.1 Å². The fourth-order valence-electron chi connectivity index (χ4n) is 2.24. The first kappa shape index (κ1) is 13.2. The molecule has 0 N–H and O–H groups in total. The summed E-state index contributed by atoms with van der Waals surface area (Å²) in [6.45, 7) is 1.31. The van der Waals surface area contributed by atoms with Crippen LogP contribution in [0.25, 0.3) is 5.57 Å². The Labute approximate surface area is 112 Å². The SMILES string of the molecule is COc1ccc2c(c1)C(C(C#N)OC(C)=O)=CCC2. The van der Waals surface area contributed by atoms with E-state index in [0.717, 1.165) is 35.3 Å². The second-order valence-electron chi connectivity index (χ2n) is 4.34. The Morgan fingerprint density at radius 3 is 2.89 bits per heavy atom. The molecule has 0 saturated carbocycles. The molecule has 0 spiro atoms. The number of methoxy groups -OCH3 is 1. The highest BCUT2D eigenvalue weighted by Gasteiger charge is 2.23. The van der Waals surface area contributed by atoms with Gasteiger partial charge in [0, 0.05) is 12.5 Å². The van der Waals surface area contributed by atoms with Crippen LogP contribution >= 0.6 is 0 Å². The lowest BCUT2D eigenvalue weighted by Crippen LogP contribution is -2.18. The molecule has 1 atom stereocenters. The number of benzene rings is 1. The lowest BCUT2D eigenvalue weighted by molar-refractivity contribution is -0.141. The van der Waals surface area contributed by atoms with Gasteiger partial charge >= 0.3 is 5.97 Å². The van der Waals surface area contributed by atoms with E-state index in [0.29, 0.717) is 0 Å². The van der Waals surface area contributed by atoms with E-state index < -0.39 is 12.1 Å². The Kier molecular flexibility index (Phi) is 3.86. The van der Waals surface area contributed by atoms with Crippen LogP contribution in [-0.2, 0) is 16.0 Å². The highest BCUT2D eigenvalue weighted by Crippen LogP contribution is 2.32. The van der Waals surface area contributed by atoms with E-state index in [2.05, 4.69) is 0 Å². The van der Waals surface area contributed by atoms with Gasteiger partial charge in [-0.25, -0.2) is 0 Å². The first-order chi connectivity index (χ1) is 9.15. The van der Waals surface area contributed by atoms with Gasteiger partial charge in [0.25, 0.3) is 0 Å². The third kappa shape index (κ3) is 2.76. The van der Waals surface area contributed by atoms with Crippen LogP contribution in [0.2, 0.25) is 0 Å². The van der Waals surface area contributed by atoms with Gasteiger partial charge in [0.15, 0.2) is 0 Å². The molecule has 1 aromatic carbocycles. The molecule has 1 unspecified atom stereocenters. The fourth-order valence-corrected chi connectivity index (χ4v) is 2.24. The summed E-state index contributed by atoms with van der Waals surface area (Å²) in [6, 6.07) is 7.80. The second-order valence-corrected chi connectivity index (χ2v) is 4.34. The molecule has 0 bridgehead atoms. The van der Waals surface area contributed by atoms with Crippen LogP contribution in [0.1, 0.15) is 24.5 Å². The highest BCUT2D eigenvalue weighted by molar-refractivity contribution is 5.78. The number of nitriles is 1. The average molecular weight is 257 g/mol. The minimum absolute atomic E-state index is 0.456. The molecule has 0 heterocycles. The zero-order valence-corrected chi connectivity index (χ0v) is 11.0. The summed E-state index contributed by atoms with van der Waals surface area (Å²) in [5, 5.41) is 9.18. The van der Waals surface area contributed by atoms with Gasteiger partial charge in [0.05, 0.1) is 7.11 Å². The smallest absolute Gasteiger partial charge is 0.304 e. The molecular formula is C15H15NO3. The molecule has 0 aliphatic heterocycles. The van der Waals surface area contributed by atoms with Crippen molar-refractivity contribution in [1.29, 1.82) is 5.26 Å². The lowest BCUT2D eigenvalue weighted by Gasteiger charge is -2.21. The van der Waals surface area contributed by atoms with Crippen molar-refractivity contribution in [3.8, 4) is 11.8 Å². The minimum Gasteiger partial charge on any atom is -0.497 e. The largest absolute Gasteiger partial charge is 0.497 e.